The molecule has 16 heavy (non-hydrogen) atoms. The van der Waals surface area contributed by atoms with Gasteiger partial charge in [-0.25, -0.2) is 8.42 Å². The third kappa shape index (κ3) is 3.46. The Morgan fingerprint density at radius 3 is 2.69 bits per heavy atom. The molecule has 0 aliphatic heterocycles. The van der Waals surface area contributed by atoms with Crippen molar-refractivity contribution in [1.29, 1.82) is 0 Å². The largest absolute Gasteiger partial charge is 0.504 e. The van der Waals surface area contributed by atoms with Crippen LogP contribution in [0.25, 0.3) is 0 Å². The molecule has 0 aliphatic rings. The second kappa shape index (κ2) is 5.27. The molecule has 0 amide bonds. The molecule has 0 saturated heterocycles. The summed E-state index contributed by atoms with van der Waals surface area (Å²) in [6.07, 6.45) is 0. The molecule has 0 aromatic heterocycles. The number of methoxy groups -OCH3 is 1. The lowest BCUT2D eigenvalue weighted by Crippen LogP contribution is -2.17. The minimum absolute atomic E-state index is 0.0114. The summed E-state index contributed by atoms with van der Waals surface area (Å²) in [4.78, 5) is 0. The van der Waals surface area contributed by atoms with Crippen molar-refractivity contribution >= 4 is 27.3 Å². The van der Waals surface area contributed by atoms with E-state index in [4.69, 9.17) is 16.3 Å². The Bertz CT molecular complexity index is 461. The van der Waals surface area contributed by atoms with E-state index in [1.54, 1.807) is 0 Å². The van der Waals surface area contributed by atoms with Crippen LogP contribution in [-0.4, -0.2) is 32.3 Å². The van der Waals surface area contributed by atoms with E-state index in [0.717, 1.165) is 0 Å². The number of ether oxygens (including phenoxy) is 1. The second-order valence-corrected chi connectivity index (χ2v) is 5.22. The summed E-state index contributed by atoms with van der Waals surface area (Å²) in [7, 11) is -2.05. The topological polar surface area (TPSA) is 75.6 Å². The molecule has 1 rings (SSSR count). The molecule has 90 valence electrons. The number of sulfonamides is 1. The molecule has 7 heteroatoms. The van der Waals surface area contributed by atoms with Crippen LogP contribution in [0, 0.1) is 0 Å². The van der Waals surface area contributed by atoms with Crippen molar-refractivity contribution in [3.63, 3.8) is 0 Å². The zero-order valence-electron chi connectivity index (χ0n) is 8.60. The van der Waals surface area contributed by atoms with Crippen molar-refractivity contribution in [3.8, 4) is 11.5 Å². The summed E-state index contributed by atoms with van der Waals surface area (Å²) in [6, 6.07) is 4.23. The Morgan fingerprint density at radius 1 is 1.50 bits per heavy atom. The number of hydrogen-bond acceptors (Lipinski definition) is 4. The summed E-state index contributed by atoms with van der Waals surface area (Å²) in [6.45, 7) is 0. The fourth-order valence-corrected chi connectivity index (χ4v) is 2.49. The number of aromatic hydroxyl groups is 1. The van der Waals surface area contributed by atoms with E-state index in [2.05, 4.69) is 4.72 Å². The van der Waals surface area contributed by atoms with Gasteiger partial charge in [0.15, 0.2) is 11.5 Å². The van der Waals surface area contributed by atoms with Gasteiger partial charge in [-0.3, -0.25) is 4.72 Å². The Kier molecular flexibility index (Phi) is 4.26. The van der Waals surface area contributed by atoms with E-state index in [1.807, 2.05) is 0 Å². The lowest BCUT2D eigenvalue weighted by atomic mass is 10.3. The van der Waals surface area contributed by atoms with Crippen LogP contribution in [0.4, 0.5) is 5.69 Å². The smallest absolute Gasteiger partial charge is 0.233 e. The molecular formula is C9H12ClNO4S. The van der Waals surface area contributed by atoms with Crippen molar-refractivity contribution in [2.75, 3.05) is 23.5 Å². The van der Waals surface area contributed by atoms with Crippen LogP contribution in [0.15, 0.2) is 18.2 Å². The fourth-order valence-electron chi connectivity index (χ4n) is 1.09. The van der Waals surface area contributed by atoms with E-state index in [0.29, 0.717) is 0 Å². The van der Waals surface area contributed by atoms with E-state index >= 15 is 0 Å². The minimum Gasteiger partial charge on any atom is -0.504 e. The van der Waals surface area contributed by atoms with Gasteiger partial charge < -0.3 is 9.84 Å². The fraction of sp³-hybridized carbons (Fsp3) is 0.333. The number of rotatable bonds is 5. The van der Waals surface area contributed by atoms with Gasteiger partial charge in [-0.2, -0.15) is 0 Å². The second-order valence-electron chi connectivity index (χ2n) is 3.00. The molecule has 0 atom stereocenters. The summed E-state index contributed by atoms with van der Waals surface area (Å²) < 4.78 is 29.8. The molecule has 0 fully saturated rings. The van der Waals surface area contributed by atoms with Crippen LogP contribution in [-0.2, 0) is 10.0 Å². The van der Waals surface area contributed by atoms with E-state index in [-0.39, 0.29) is 28.8 Å². The van der Waals surface area contributed by atoms with Crippen LogP contribution >= 0.6 is 11.6 Å². The SMILES string of the molecule is COc1ccc(NS(=O)(=O)CCCl)cc1O. The maximum Gasteiger partial charge on any atom is 0.233 e. The highest BCUT2D eigenvalue weighted by Crippen LogP contribution is 2.28. The number of phenols is 1. The molecule has 0 spiro atoms. The lowest BCUT2D eigenvalue weighted by molar-refractivity contribution is 0.373. The first-order valence-electron chi connectivity index (χ1n) is 4.42. The molecule has 0 bridgehead atoms. The van der Waals surface area contributed by atoms with Gasteiger partial charge in [0.1, 0.15) is 0 Å². The zero-order valence-corrected chi connectivity index (χ0v) is 10.2. The Morgan fingerprint density at radius 2 is 2.19 bits per heavy atom. The molecule has 1 aromatic rings. The van der Waals surface area contributed by atoms with Crippen LogP contribution in [0.5, 0.6) is 11.5 Å². The predicted octanol–water partition coefficient (Wildman–Crippen LogP) is 1.38. The predicted molar refractivity (Wildman–Crippen MR) is 62.8 cm³/mol. The summed E-state index contributed by atoms with van der Waals surface area (Å²) in [5, 5.41) is 9.43. The summed E-state index contributed by atoms with van der Waals surface area (Å²) in [5.41, 5.74) is 0.267. The highest BCUT2D eigenvalue weighted by molar-refractivity contribution is 7.92. The average molecular weight is 266 g/mol. The van der Waals surface area contributed by atoms with Crippen LogP contribution in [0.3, 0.4) is 0 Å². The highest BCUT2D eigenvalue weighted by atomic mass is 35.5. The first kappa shape index (κ1) is 12.9. The quantitative estimate of drug-likeness (QED) is 0.789. The zero-order chi connectivity index (χ0) is 12.2. The molecule has 1 aromatic carbocycles. The molecule has 2 N–H and O–H groups in total. The number of halogens is 1. The van der Waals surface area contributed by atoms with Crippen molar-refractivity contribution in [1.82, 2.24) is 0 Å². The Labute approximate surface area is 99.0 Å². The maximum atomic E-state index is 11.4. The van der Waals surface area contributed by atoms with Gasteiger partial charge in [-0.15, -0.1) is 11.6 Å². The van der Waals surface area contributed by atoms with Crippen molar-refractivity contribution in [2.24, 2.45) is 0 Å². The molecular weight excluding hydrogens is 254 g/mol. The van der Waals surface area contributed by atoms with Gasteiger partial charge in [0.05, 0.1) is 18.6 Å². The first-order valence-corrected chi connectivity index (χ1v) is 6.60. The van der Waals surface area contributed by atoms with Crippen LogP contribution in [0.2, 0.25) is 0 Å². The van der Waals surface area contributed by atoms with Crippen molar-refractivity contribution in [2.45, 2.75) is 0 Å². The number of anilines is 1. The molecule has 0 saturated carbocycles. The number of nitrogens with one attached hydrogen (secondary N) is 1. The van der Waals surface area contributed by atoms with Gasteiger partial charge in [0.25, 0.3) is 0 Å². The molecule has 0 radical (unpaired) electrons. The van der Waals surface area contributed by atoms with Gasteiger partial charge >= 0.3 is 0 Å². The van der Waals surface area contributed by atoms with Gasteiger partial charge in [-0.05, 0) is 12.1 Å². The molecule has 0 unspecified atom stereocenters. The van der Waals surface area contributed by atoms with Crippen LogP contribution in [0.1, 0.15) is 0 Å². The molecule has 0 heterocycles. The van der Waals surface area contributed by atoms with E-state index < -0.39 is 10.0 Å². The third-order valence-electron chi connectivity index (χ3n) is 1.80. The summed E-state index contributed by atoms with van der Waals surface area (Å²) >= 11 is 5.34. The minimum atomic E-state index is -3.45. The van der Waals surface area contributed by atoms with Gasteiger partial charge in [0, 0.05) is 11.9 Å². The van der Waals surface area contributed by atoms with Crippen molar-refractivity contribution in [3.05, 3.63) is 18.2 Å². The van der Waals surface area contributed by atoms with E-state index in [9.17, 15) is 13.5 Å². The Hall–Kier alpha value is -1.14. The lowest BCUT2D eigenvalue weighted by Gasteiger charge is -2.08. The normalized spacial score (nSPS) is 11.1. The van der Waals surface area contributed by atoms with Gasteiger partial charge in [-0.1, -0.05) is 0 Å². The Balaban J connectivity index is 2.87. The standard InChI is InChI=1S/C9H12ClNO4S/c1-15-9-3-2-7(6-8(9)12)11-16(13,14)5-4-10/h2-3,6,11-12H,4-5H2,1H3. The number of phenolic OH excluding ortho intramolecular Hbond substituents is 1. The monoisotopic (exact) mass is 265 g/mol. The average Bonchev–Trinajstić information content (AvgIpc) is 2.17. The molecule has 0 aliphatic carbocycles. The van der Waals surface area contributed by atoms with Gasteiger partial charge in [0.2, 0.25) is 10.0 Å². The van der Waals surface area contributed by atoms with E-state index in [1.165, 1.54) is 25.3 Å². The van der Waals surface area contributed by atoms with Crippen molar-refractivity contribution < 1.29 is 18.3 Å². The number of alkyl halides is 1. The molecule has 5 nitrogen and oxygen atoms in total. The first-order chi connectivity index (χ1) is 7.48. The number of hydrogen-bond donors (Lipinski definition) is 2. The third-order valence-corrected chi connectivity index (χ3v) is 3.50. The van der Waals surface area contributed by atoms with Crippen LogP contribution < -0.4 is 9.46 Å². The highest BCUT2D eigenvalue weighted by Gasteiger charge is 2.10. The number of benzene rings is 1. The summed E-state index contributed by atoms with van der Waals surface area (Å²) in [5.74, 6) is -0.0207. The maximum absolute atomic E-state index is 11.4.